The van der Waals surface area contributed by atoms with Crippen LogP contribution < -0.4 is 14.2 Å². The van der Waals surface area contributed by atoms with Crippen LogP contribution in [0.3, 0.4) is 0 Å². The van der Waals surface area contributed by atoms with Crippen molar-refractivity contribution in [3.8, 4) is 17.2 Å². The van der Waals surface area contributed by atoms with Crippen LogP contribution >= 0.6 is 0 Å². The molecule has 0 radical (unpaired) electrons. The van der Waals surface area contributed by atoms with E-state index in [1.165, 1.54) is 153 Å². The molecule has 0 saturated carbocycles. The van der Waals surface area contributed by atoms with E-state index in [4.69, 9.17) is 14.2 Å². The summed E-state index contributed by atoms with van der Waals surface area (Å²) < 4.78 is 17.2. The number of hydrogen-bond acceptors (Lipinski definition) is 7. The smallest absolute Gasteiger partial charge is 0.343 e. The molecule has 3 aromatic rings. The molecule has 0 amide bonds. The molecule has 0 aromatic heterocycles. The topological polar surface area (TPSA) is 105 Å². The van der Waals surface area contributed by atoms with E-state index in [1.807, 2.05) is 24.3 Å². The molecule has 0 aliphatic rings. The summed E-state index contributed by atoms with van der Waals surface area (Å²) in [5.41, 5.74) is 0.673. The number of unbranched alkanes of at least 4 members (excludes halogenated alkanes) is 22. The van der Waals surface area contributed by atoms with Gasteiger partial charge >= 0.3 is 11.7 Å². The van der Waals surface area contributed by atoms with Crippen LogP contribution in [-0.2, 0) is 0 Å². The zero-order chi connectivity index (χ0) is 41.5. The number of nitro groups is 1. The first-order valence-corrected chi connectivity index (χ1v) is 22.6. The lowest BCUT2D eigenvalue weighted by molar-refractivity contribution is -0.385. The number of rotatable bonds is 34. The number of ketones is 1. The molecule has 0 fully saturated rings. The van der Waals surface area contributed by atoms with Crippen molar-refractivity contribution in [1.82, 2.24) is 0 Å². The number of nitro benzene ring substituents is 1. The van der Waals surface area contributed by atoms with Gasteiger partial charge in [-0.2, -0.15) is 0 Å². The Morgan fingerprint density at radius 3 is 1.36 bits per heavy atom. The molecule has 58 heavy (non-hydrogen) atoms. The summed E-state index contributed by atoms with van der Waals surface area (Å²) >= 11 is 0. The molecule has 0 N–H and O–H groups in total. The predicted octanol–water partition coefficient (Wildman–Crippen LogP) is 14.9. The molecular formula is C50H71NO7. The number of nitrogens with zero attached hydrogens (tertiary/aromatic N) is 1. The van der Waals surface area contributed by atoms with Gasteiger partial charge in [-0.1, -0.05) is 173 Å². The van der Waals surface area contributed by atoms with Gasteiger partial charge in [0.25, 0.3) is 0 Å². The van der Waals surface area contributed by atoms with E-state index in [0.29, 0.717) is 19.0 Å². The first-order valence-electron chi connectivity index (χ1n) is 22.6. The lowest BCUT2D eigenvalue weighted by Crippen LogP contribution is -2.10. The third-order valence-electron chi connectivity index (χ3n) is 10.6. The van der Waals surface area contributed by atoms with Crippen LogP contribution in [0.25, 0.3) is 6.08 Å². The minimum absolute atomic E-state index is 0.111. The number of carbonyl (C=O) groups excluding carboxylic acids is 2. The van der Waals surface area contributed by atoms with E-state index in [0.717, 1.165) is 36.6 Å². The highest BCUT2D eigenvalue weighted by Crippen LogP contribution is 2.30. The molecule has 0 spiro atoms. The zero-order valence-electron chi connectivity index (χ0n) is 35.7. The van der Waals surface area contributed by atoms with E-state index in [2.05, 4.69) is 13.8 Å². The third kappa shape index (κ3) is 20.8. The summed E-state index contributed by atoms with van der Waals surface area (Å²) in [6, 6.07) is 17.9. The van der Waals surface area contributed by atoms with Crippen molar-refractivity contribution < 1.29 is 28.7 Å². The van der Waals surface area contributed by atoms with Crippen LogP contribution in [0, 0.1) is 10.1 Å². The van der Waals surface area contributed by atoms with E-state index in [9.17, 15) is 19.7 Å². The summed E-state index contributed by atoms with van der Waals surface area (Å²) in [6.07, 6.45) is 34.0. The van der Waals surface area contributed by atoms with Crippen LogP contribution in [0.5, 0.6) is 17.2 Å². The summed E-state index contributed by atoms with van der Waals surface area (Å²) in [7, 11) is 0. The normalized spacial score (nSPS) is 11.2. The average Bonchev–Trinajstić information content (AvgIpc) is 3.24. The van der Waals surface area contributed by atoms with Gasteiger partial charge in [0.1, 0.15) is 11.5 Å². The Balaban J connectivity index is 1.33. The molecule has 3 aromatic carbocycles. The van der Waals surface area contributed by atoms with Gasteiger partial charge in [-0.3, -0.25) is 14.9 Å². The van der Waals surface area contributed by atoms with Gasteiger partial charge < -0.3 is 14.2 Å². The van der Waals surface area contributed by atoms with Gasteiger partial charge in [0, 0.05) is 11.6 Å². The first kappa shape index (κ1) is 47.9. The second-order valence-corrected chi connectivity index (χ2v) is 15.6. The highest BCUT2D eigenvalue weighted by Gasteiger charge is 2.21. The standard InChI is InChI=1S/C50H71NO7/c1-3-5-7-9-11-13-15-16-17-18-20-22-24-26-40-57-46-35-30-43(31-36-46)50(53)58-49-38-32-44(41-47(49)51(54)55)48(52)37-29-42-27-33-45(34-28-42)56-39-25-23-21-19-14-12-10-8-6-4-2/h27-38,41H,3-26,39-40H2,1-2H3/b37-29+. The first-order chi connectivity index (χ1) is 28.4. The fourth-order valence-electron chi connectivity index (χ4n) is 6.96. The molecule has 0 heterocycles. The Morgan fingerprint density at radius 2 is 0.931 bits per heavy atom. The Morgan fingerprint density at radius 1 is 0.534 bits per heavy atom. The number of allylic oxidation sites excluding steroid dienone is 1. The highest BCUT2D eigenvalue weighted by molar-refractivity contribution is 6.07. The lowest BCUT2D eigenvalue weighted by atomic mass is 10.0. The molecule has 0 atom stereocenters. The Labute approximate surface area is 349 Å². The fourth-order valence-corrected chi connectivity index (χ4v) is 6.96. The Bertz CT molecular complexity index is 1600. The van der Waals surface area contributed by atoms with Crippen molar-refractivity contribution in [3.63, 3.8) is 0 Å². The van der Waals surface area contributed by atoms with Crippen molar-refractivity contribution in [2.24, 2.45) is 0 Å². The van der Waals surface area contributed by atoms with Crippen LogP contribution in [-0.4, -0.2) is 29.9 Å². The maximum atomic E-state index is 12.9. The summed E-state index contributed by atoms with van der Waals surface area (Å²) in [5.74, 6) is 0.0439. The van der Waals surface area contributed by atoms with E-state index < -0.39 is 22.4 Å². The molecule has 0 aliphatic carbocycles. The number of ether oxygens (including phenoxy) is 3. The molecule has 0 aliphatic heterocycles. The van der Waals surface area contributed by atoms with E-state index in [-0.39, 0.29) is 16.9 Å². The van der Waals surface area contributed by atoms with E-state index in [1.54, 1.807) is 30.3 Å². The Hall–Kier alpha value is -4.46. The monoisotopic (exact) mass is 798 g/mol. The lowest BCUT2D eigenvalue weighted by Gasteiger charge is -2.08. The van der Waals surface area contributed by atoms with Gasteiger partial charge in [0.05, 0.1) is 23.7 Å². The molecular weight excluding hydrogens is 727 g/mol. The van der Waals surface area contributed by atoms with E-state index >= 15 is 0 Å². The van der Waals surface area contributed by atoms with Gasteiger partial charge in [-0.05, 0) is 73.0 Å². The zero-order valence-corrected chi connectivity index (χ0v) is 35.7. The maximum absolute atomic E-state index is 12.9. The summed E-state index contributed by atoms with van der Waals surface area (Å²) in [6.45, 7) is 5.79. The minimum Gasteiger partial charge on any atom is -0.494 e. The second-order valence-electron chi connectivity index (χ2n) is 15.6. The van der Waals surface area contributed by atoms with Crippen LogP contribution in [0.4, 0.5) is 5.69 Å². The van der Waals surface area contributed by atoms with Gasteiger partial charge in [0.2, 0.25) is 5.75 Å². The molecule has 8 nitrogen and oxygen atoms in total. The third-order valence-corrected chi connectivity index (χ3v) is 10.6. The van der Waals surface area contributed by atoms with Crippen molar-refractivity contribution in [3.05, 3.63) is 99.6 Å². The number of carbonyl (C=O) groups is 2. The molecule has 0 saturated heterocycles. The second kappa shape index (κ2) is 30.6. The van der Waals surface area contributed by atoms with Crippen molar-refractivity contribution in [2.75, 3.05) is 13.2 Å². The van der Waals surface area contributed by atoms with Crippen LogP contribution in [0.1, 0.15) is 194 Å². The molecule has 0 bridgehead atoms. The maximum Gasteiger partial charge on any atom is 0.343 e. The SMILES string of the molecule is CCCCCCCCCCCCCCCCOc1ccc(C(=O)Oc2ccc(C(=O)/C=C/c3ccc(OCCCCCCCCCCCC)cc3)cc2[N+](=O)[O-])cc1. The molecule has 8 heteroatoms. The van der Waals surface area contributed by atoms with Gasteiger partial charge in [-0.25, -0.2) is 4.79 Å². The van der Waals surface area contributed by atoms with Crippen molar-refractivity contribution in [2.45, 2.75) is 168 Å². The number of hydrogen-bond donors (Lipinski definition) is 0. The fraction of sp³-hybridized carbons (Fsp3) is 0.560. The molecule has 0 unspecified atom stereocenters. The highest BCUT2D eigenvalue weighted by atomic mass is 16.6. The quantitative estimate of drug-likeness (QED) is 0.0113. The largest absolute Gasteiger partial charge is 0.494 e. The van der Waals surface area contributed by atoms with Gasteiger partial charge in [-0.15, -0.1) is 0 Å². The average molecular weight is 798 g/mol. The van der Waals surface area contributed by atoms with Gasteiger partial charge in [0.15, 0.2) is 5.78 Å². The summed E-state index contributed by atoms with van der Waals surface area (Å²) in [5, 5.41) is 11.9. The molecule has 318 valence electrons. The predicted molar refractivity (Wildman–Crippen MR) is 237 cm³/mol. The van der Waals surface area contributed by atoms with Crippen LogP contribution in [0.15, 0.2) is 72.8 Å². The Kier molecular flexibility index (Phi) is 25.3. The minimum atomic E-state index is -0.739. The van der Waals surface area contributed by atoms with Crippen molar-refractivity contribution in [1.29, 1.82) is 0 Å². The van der Waals surface area contributed by atoms with Crippen LogP contribution in [0.2, 0.25) is 0 Å². The number of esters is 1. The molecule has 3 rings (SSSR count). The number of benzene rings is 3. The van der Waals surface area contributed by atoms with Crippen molar-refractivity contribution >= 4 is 23.5 Å². The summed E-state index contributed by atoms with van der Waals surface area (Å²) in [4.78, 5) is 37.1.